The Morgan fingerprint density at radius 3 is 1.63 bits per heavy atom. The first-order valence-electron chi connectivity index (χ1n) is 10.2. The van der Waals surface area contributed by atoms with Crippen LogP contribution in [0.15, 0.2) is 115 Å². The average molecular weight is 388 g/mol. The van der Waals surface area contributed by atoms with Crippen molar-refractivity contribution in [3.8, 4) is 33.4 Å². The van der Waals surface area contributed by atoms with Gasteiger partial charge in [-0.2, -0.15) is 0 Å². The summed E-state index contributed by atoms with van der Waals surface area (Å²) >= 11 is 0. The van der Waals surface area contributed by atoms with Gasteiger partial charge in [0, 0.05) is 11.3 Å². The fourth-order valence-corrected chi connectivity index (χ4v) is 3.58. The maximum atomic E-state index is 4.50. The molecule has 0 radical (unpaired) electrons. The highest BCUT2D eigenvalue weighted by Crippen LogP contribution is 2.30. The minimum atomic E-state index is 0.796. The molecule has 0 aliphatic carbocycles. The molecule has 0 saturated carbocycles. The number of rotatable bonds is 5. The van der Waals surface area contributed by atoms with E-state index in [1.807, 2.05) is 19.9 Å². The lowest BCUT2D eigenvalue weighted by atomic mass is 9.96. The van der Waals surface area contributed by atoms with Crippen molar-refractivity contribution in [2.75, 3.05) is 0 Å². The second kappa shape index (κ2) is 8.75. The third kappa shape index (κ3) is 4.47. The number of nitrogens with zero attached hydrogens (tertiary/aromatic N) is 1. The first-order valence-corrected chi connectivity index (χ1v) is 10.2. The van der Waals surface area contributed by atoms with Crippen molar-refractivity contribution in [1.82, 2.24) is 0 Å². The summed E-state index contributed by atoms with van der Waals surface area (Å²) in [6.07, 6.45) is 0. The molecule has 1 nitrogen and oxygen atoms in total. The smallest absolute Gasteiger partial charge is 0.0629 e. The normalized spacial score (nSPS) is 10.5. The van der Waals surface area contributed by atoms with Crippen LogP contribution in [-0.4, -0.2) is 5.71 Å². The molecule has 0 spiro atoms. The Labute approximate surface area is 179 Å². The van der Waals surface area contributed by atoms with Gasteiger partial charge in [0.2, 0.25) is 0 Å². The van der Waals surface area contributed by atoms with Crippen LogP contribution in [0.4, 0.5) is 0 Å². The maximum absolute atomic E-state index is 4.50. The van der Waals surface area contributed by atoms with Crippen LogP contribution in [0.5, 0.6) is 0 Å². The molecule has 0 fully saturated rings. The molecule has 0 aromatic heterocycles. The van der Waals surface area contributed by atoms with Gasteiger partial charge in [-0.15, -0.1) is 0 Å². The third-order valence-corrected chi connectivity index (χ3v) is 5.08. The molecule has 4 aromatic carbocycles. The molecule has 1 heteroatoms. The first kappa shape index (κ1) is 19.6. The Balaban J connectivity index is 1.64. The third-order valence-electron chi connectivity index (χ3n) is 5.08. The van der Waals surface area contributed by atoms with Crippen LogP contribution in [-0.2, 0) is 0 Å². The van der Waals surface area contributed by atoms with Gasteiger partial charge in [-0.25, -0.2) is 0 Å². The van der Waals surface area contributed by atoms with E-state index < -0.39 is 0 Å². The highest BCUT2D eigenvalue weighted by molar-refractivity contribution is 5.86. The Kier molecular flexibility index (Phi) is 5.72. The molecule has 0 aliphatic heterocycles. The van der Waals surface area contributed by atoms with Gasteiger partial charge in [0.15, 0.2) is 0 Å². The molecule has 0 atom stereocenters. The Morgan fingerprint density at radius 2 is 1.00 bits per heavy atom. The second-order valence-electron chi connectivity index (χ2n) is 7.61. The van der Waals surface area contributed by atoms with Crippen molar-refractivity contribution >= 4 is 11.4 Å². The summed E-state index contributed by atoms with van der Waals surface area (Å²) in [5.74, 6) is 0. The molecule has 30 heavy (non-hydrogen) atoms. The van der Waals surface area contributed by atoms with Crippen molar-refractivity contribution in [3.63, 3.8) is 0 Å². The second-order valence-corrected chi connectivity index (χ2v) is 7.61. The zero-order valence-electron chi connectivity index (χ0n) is 17.5. The summed E-state index contributed by atoms with van der Waals surface area (Å²) in [5.41, 5.74) is 10.1. The average Bonchev–Trinajstić information content (AvgIpc) is 2.79. The zero-order valence-corrected chi connectivity index (χ0v) is 17.5. The highest BCUT2D eigenvalue weighted by Gasteiger charge is 2.05. The SMILES string of the molecule is C=C(N=C(C)C)c1cccc(-c2cccc(-c3ccc(-c4ccccc4)cc3)c2)c1. The van der Waals surface area contributed by atoms with Crippen molar-refractivity contribution in [2.24, 2.45) is 4.99 Å². The van der Waals surface area contributed by atoms with E-state index in [9.17, 15) is 0 Å². The lowest BCUT2D eigenvalue weighted by molar-refractivity contribution is 1.47. The molecule has 0 bridgehead atoms. The Morgan fingerprint density at radius 1 is 0.533 bits per heavy atom. The van der Waals surface area contributed by atoms with Gasteiger partial charge in [-0.3, -0.25) is 4.99 Å². The molecular weight excluding hydrogens is 362 g/mol. The van der Waals surface area contributed by atoms with Crippen LogP contribution in [0.25, 0.3) is 39.1 Å². The molecule has 0 aliphatic rings. The fourth-order valence-electron chi connectivity index (χ4n) is 3.58. The summed E-state index contributed by atoms with van der Waals surface area (Å²) < 4.78 is 0. The molecule has 4 rings (SSSR count). The van der Waals surface area contributed by atoms with E-state index in [4.69, 9.17) is 0 Å². The van der Waals surface area contributed by atoms with Gasteiger partial charge >= 0.3 is 0 Å². The Hall–Kier alpha value is -3.71. The summed E-state index contributed by atoms with van der Waals surface area (Å²) in [6, 6.07) is 36.3. The molecule has 0 N–H and O–H groups in total. The van der Waals surface area contributed by atoms with Crippen molar-refractivity contribution in [2.45, 2.75) is 13.8 Å². The van der Waals surface area contributed by atoms with Crippen LogP contribution in [0.2, 0.25) is 0 Å². The summed E-state index contributed by atoms with van der Waals surface area (Å²) in [5, 5.41) is 0. The number of benzene rings is 4. The standard InChI is InChI=1S/C29H25N/c1-21(2)30-22(3)26-11-7-13-28(19-26)29-14-8-12-27(20-29)25-17-15-24(16-18-25)23-9-5-4-6-10-23/h4-20H,3H2,1-2H3. The molecular formula is C29H25N. The van der Waals surface area contributed by atoms with Crippen LogP contribution in [0.1, 0.15) is 19.4 Å². The lowest BCUT2D eigenvalue weighted by Gasteiger charge is -2.09. The van der Waals surface area contributed by atoms with E-state index in [1.165, 1.54) is 33.4 Å². The first-order chi connectivity index (χ1) is 14.6. The van der Waals surface area contributed by atoms with E-state index in [0.717, 1.165) is 17.0 Å². The van der Waals surface area contributed by atoms with E-state index in [1.54, 1.807) is 0 Å². The lowest BCUT2D eigenvalue weighted by Crippen LogP contribution is -1.87. The molecule has 0 unspecified atom stereocenters. The summed E-state index contributed by atoms with van der Waals surface area (Å²) in [7, 11) is 0. The minimum Gasteiger partial charge on any atom is -0.258 e. The van der Waals surface area contributed by atoms with E-state index in [-0.39, 0.29) is 0 Å². The predicted molar refractivity (Wildman–Crippen MR) is 131 cm³/mol. The molecule has 146 valence electrons. The van der Waals surface area contributed by atoms with Crippen LogP contribution in [0, 0.1) is 0 Å². The molecule has 0 saturated heterocycles. The minimum absolute atomic E-state index is 0.796. The number of aliphatic imine (C=N–C) groups is 1. The topological polar surface area (TPSA) is 12.4 Å². The van der Waals surface area contributed by atoms with Gasteiger partial charge in [-0.05, 0) is 59.4 Å². The largest absolute Gasteiger partial charge is 0.258 e. The van der Waals surface area contributed by atoms with E-state index >= 15 is 0 Å². The van der Waals surface area contributed by atoms with Gasteiger partial charge < -0.3 is 0 Å². The quantitative estimate of drug-likeness (QED) is 0.306. The van der Waals surface area contributed by atoms with E-state index in [0.29, 0.717) is 0 Å². The maximum Gasteiger partial charge on any atom is 0.0629 e. The van der Waals surface area contributed by atoms with Crippen molar-refractivity contribution in [1.29, 1.82) is 0 Å². The molecule has 0 amide bonds. The van der Waals surface area contributed by atoms with Gasteiger partial charge in [0.05, 0.1) is 5.70 Å². The van der Waals surface area contributed by atoms with Gasteiger partial charge in [0.1, 0.15) is 0 Å². The van der Waals surface area contributed by atoms with Gasteiger partial charge in [0.25, 0.3) is 0 Å². The van der Waals surface area contributed by atoms with Gasteiger partial charge in [-0.1, -0.05) is 97.6 Å². The number of hydrogen-bond acceptors (Lipinski definition) is 1. The highest BCUT2D eigenvalue weighted by atomic mass is 14.7. The predicted octanol–water partition coefficient (Wildman–Crippen LogP) is 8.14. The summed E-state index contributed by atoms with van der Waals surface area (Å²) in [6.45, 7) is 8.09. The van der Waals surface area contributed by atoms with Crippen LogP contribution in [0.3, 0.4) is 0 Å². The Bertz CT molecular complexity index is 1190. The number of hydrogen-bond donors (Lipinski definition) is 0. The summed E-state index contributed by atoms with van der Waals surface area (Å²) in [4.78, 5) is 4.50. The molecule has 0 heterocycles. The zero-order chi connectivity index (χ0) is 20.9. The van der Waals surface area contributed by atoms with Crippen LogP contribution < -0.4 is 0 Å². The van der Waals surface area contributed by atoms with Crippen LogP contribution >= 0.6 is 0 Å². The van der Waals surface area contributed by atoms with Crippen molar-refractivity contribution < 1.29 is 0 Å². The fraction of sp³-hybridized carbons (Fsp3) is 0.0690. The monoisotopic (exact) mass is 387 g/mol. The van der Waals surface area contributed by atoms with Crippen molar-refractivity contribution in [3.05, 3.63) is 115 Å². The molecule has 4 aromatic rings. The van der Waals surface area contributed by atoms with E-state index in [2.05, 4.69) is 109 Å².